The Bertz CT molecular complexity index is 508. The first-order valence-electron chi connectivity index (χ1n) is 9.44. The Kier molecular flexibility index (Phi) is 7.08. The van der Waals surface area contributed by atoms with Crippen LogP contribution in [-0.4, -0.2) is 61.4 Å². The third-order valence-electron chi connectivity index (χ3n) is 4.75. The SMILES string of the molecule is COC(C)(C)CC(C)CN1CCN(c2ccc(OC(C)C)cn2)CC1. The van der Waals surface area contributed by atoms with Crippen LogP contribution in [0, 0.1) is 5.92 Å². The Morgan fingerprint density at radius 3 is 2.32 bits per heavy atom. The van der Waals surface area contributed by atoms with E-state index in [1.165, 1.54) is 0 Å². The van der Waals surface area contributed by atoms with Gasteiger partial charge in [-0.2, -0.15) is 0 Å². The third kappa shape index (κ3) is 6.48. The topological polar surface area (TPSA) is 37.8 Å². The second-order valence-corrected chi connectivity index (χ2v) is 8.08. The van der Waals surface area contributed by atoms with Crippen LogP contribution in [0.2, 0.25) is 0 Å². The van der Waals surface area contributed by atoms with Crippen molar-refractivity contribution in [3.05, 3.63) is 18.3 Å². The van der Waals surface area contributed by atoms with E-state index in [0.29, 0.717) is 5.92 Å². The summed E-state index contributed by atoms with van der Waals surface area (Å²) in [5, 5.41) is 0. The minimum atomic E-state index is -0.0367. The Morgan fingerprint density at radius 2 is 1.80 bits per heavy atom. The number of piperazine rings is 1. The van der Waals surface area contributed by atoms with Gasteiger partial charge in [-0.1, -0.05) is 6.92 Å². The Morgan fingerprint density at radius 1 is 1.12 bits per heavy atom. The molecule has 0 aromatic carbocycles. The monoisotopic (exact) mass is 349 g/mol. The third-order valence-corrected chi connectivity index (χ3v) is 4.75. The zero-order chi connectivity index (χ0) is 18.4. The minimum absolute atomic E-state index is 0.0367. The number of ether oxygens (including phenoxy) is 2. The second kappa shape index (κ2) is 8.86. The Hall–Kier alpha value is -1.33. The second-order valence-electron chi connectivity index (χ2n) is 8.08. The number of methoxy groups -OCH3 is 1. The maximum absolute atomic E-state index is 5.67. The summed E-state index contributed by atoms with van der Waals surface area (Å²) in [6.45, 7) is 16.1. The summed E-state index contributed by atoms with van der Waals surface area (Å²) in [7, 11) is 1.80. The lowest BCUT2D eigenvalue weighted by Crippen LogP contribution is -2.48. The standard InChI is InChI=1S/C20H35N3O2/c1-16(2)25-18-7-8-19(21-14-18)23-11-9-22(10-12-23)15-17(3)13-20(4,5)24-6/h7-8,14,16-17H,9-13,15H2,1-6H3. The first kappa shape index (κ1) is 20.0. The molecule has 0 amide bonds. The molecule has 2 heterocycles. The van der Waals surface area contributed by atoms with Crippen molar-refractivity contribution < 1.29 is 9.47 Å². The van der Waals surface area contributed by atoms with E-state index in [9.17, 15) is 0 Å². The van der Waals surface area contributed by atoms with E-state index >= 15 is 0 Å². The van der Waals surface area contributed by atoms with Crippen molar-refractivity contribution in [2.45, 2.75) is 52.7 Å². The summed E-state index contributed by atoms with van der Waals surface area (Å²) >= 11 is 0. The molecule has 0 bridgehead atoms. The largest absolute Gasteiger partial charge is 0.489 e. The van der Waals surface area contributed by atoms with E-state index in [4.69, 9.17) is 9.47 Å². The van der Waals surface area contributed by atoms with Crippen LogP contribution in [0.5, 0.6) is 5.75 Å². The molecule has 1 atom stereocenters. The fourth-order valence-corrected chi connectivity index (χ4v) is 3.49. The van der Waals surface area contributed by atoms with Gasteiger partial charge >= 0.3 is 0 Å². The van der Waals surface area contributed by atoms with Crippen LogP contribution < -0.4 is 9.64 Å². The van der Waals surface area contributed by atoms with Crippen LogP contribution in [-0.2, 0) is 4.74 Å². The molecule has 1 aliphatic rings. The number of hydrogen-bond donors (Lipinski definition) is 0. The summed E-state index contributed by atoms with van der Waals surface area (Å²) in [6.07, 6.45) is 3.10. The Balaban J connectivity index is 1.79. The number of rotatable bonds is 8. The highest BCUT2D eigenvalue weighted by Crippen LogP contribution is 2.22. The zero-order valence-electron chi connectivity index (χ0n) is 16.8. The lowest BCUT2D eigenvalue weighted by Gasteiger charge is -2.37. The van der Waals surface area contributed by atoms with Gasteiger partial charge in [0.25, 0.3) is 0 Å². The molecule has 25 heavy (non-hydrogen) atoms. The van der Waals surface area contributed by atoms with E-state index in [1.807, 2.05) is 26.1 Å². The maximum Gasteiger partial charge on any atom is 0.138 e. The van der Waals surface area contributed by atoms with Crippen molar-refractivity contribution >= 4 is 5.82 Å². The van der Waals surface area contributed by atoms with Crippen molar-refractivity contribution in [2.75, 3.05) is 44.7 Å². The van der Waals surface area contributed by atoms with Crippen LogP contribution in [0.15, 0.2) is 18.3 Å². The van der Waals surface area contributed by atoms with E-state index in [0.717, 1.165) is 50.7 Å². The van der Waals surface area contributed by atoms with Gasteiger partial charge in [0.2, 0.25) is 0 Å². The first-order valence-corrected chi connectivity index (χ1v) is 9.44. The highest BCUT2D eigenvalue weighted by atomic mass is 16.5. The van der Waals surface area contributed by atoms with Crippen molar-refractivity contribution in [1.82, 2.24) is 9.88 Å². The van der Waals surface area contributed by atoms with Gasteiger partial charge in [0, 0.05) is 39.8 Å². The predicted molar refractivity (Wildman–Crippen MR) is 104 cm³/mol. The fourth-order valence-electron chi connectivity index (χ4n) is 3.49. The number of anilines is 1. The maximum atomic E-state index is 5.67. The lowest BCUT2D eigenvalue weighted by atomic mass is 9.94. The molecular formula is C20H35N3O2. The molecule has 0 spiro atoms. The molecule has 0 N–H and O–H groups in total. The van der Waals surface area contributed by atoms with E-state index in [2.05, 4.69) is 41.6 Å². The first-order chi connectivity index (χ1) is 11.8. The smallest absolute Gasteiger partial charge is 0.138 e. The molecule has 1 aromatic heterocycles. The molecule has 1 unspecified atom stereocenters. The van der Waals surface area contributed by atoms with Crippen molar-refractivity contribution in [2.24, 2.45) is 5.92 Å². The summed E-state index contributed by atoms with van der Waals surface area (Å²) < 4.78 is 11.2. The summed E-state index contributed by atoms with van der Waals surface area (Å²) in [4.78, 5) is 9.49. The molecule has 1 aliphatic heterocycles. The van der Waals surface area contributed by atoms with Crippen LogP contribution >= 0.6 is 0 Å². The van der Waals surface area contributed by atoms with Gasteiger partial charge in [0.15, 0.2) is 0 Å². The summed E-state index contributed by atoms with van der Waals surface area (Å²) in [5.74, 6) is 2.52. The zero-order valence-corrected chi connectivity index (χ0v) is 16.8. The van der Waals surface area contributed by atoms with Crippen molar-refractivity contribution in [3.8, 4) is 5.75 Å². The predicted octanol–water partition coefficient (Wildman–Crippen LogP) is 3.44. The molecule has 0 radical (unpaired) electrons. The molecule has 0 saturated carbocycles. The van der Waals surface area contributed by atoms with Gasteiger partial charge in [-0.25, -0.2) is 4.98 Å². The number of nitrogens with zero attached hydrogens (tertiary/aromatic N) is 3. The van der Waals surface area contributed by atoms with Crippen molar-refractivity contribution in [1.29, 1.82) is 0 Å². The number of hydrogen-bond acceptors (Lipinski definition) is 5. The van der Waals surface area contributed by atoms with Crippen molar-refractivity contribution in [3.63, 3.8) is 0 Å². The van der Waals surface area contributed by atoms with E-state index < -0.39 is 0 Å². The van der Waals surface area contributed by atoms with E-state index in [1.54, 1.807) is 7.11 Å². The van der Waals surface area contributed by atoms with Gasteiger partial charge in [0.05, 0.1) is 17.9 Å². The average molecular weight is 350 g/mol. The van der Waals surface area contributed by atoms with Gasteiger partial charge in [-0.3, -0.25) is 4.90 Å². The quantitative estimate of drug-likeness (QED) is 0.719. The van der Waals surface area contributed by atoms with Crippen LogP contribution in [0.25, 0.3) is 0 Å². The molecule has 5 heteroatoms. The van der Waals surface area contributed by atoms with Gasteiger partial charge in [0.1, 0.15) is 11.6 Å². The Labute approximate surface area is 153 Å². The molecule has 142 valence electrons. The molecule has 1 saturated heterocycles. The minimum Gasteiger partial charge on any atom is -0.489 e. The number of pyridine rings is 1. The fraction of sp³-hybridized carbons (Fsp3) is 0.750. The van der Waals surface area contributed by atoms with Gasteiger partial charge < -0.3 is 14.4 Å². The molecule has 5 nitrogen and oxygen atoms in total. The summed E-state index contributed by atoms with van der Waals surface area (Å²) in [6, 6.07) is 4.08. The van der Waals surface area contributed by atoms with Crippen LogP contribution in [0.3, 0.4) is 0 Å². The molecule has 2 rings (SSSR count). The molecule has 1 fully saturated rings. The van der Waals surface area contributed by atoms with Crippen LogP contribution in [0.4, 0.5) is 5.82 Å². The lowest BCUT2D eigenvalue weighted by molar-refractivity contribution is -0.000204. The molecule has 1 aromatic rings. The van der Waals surface area contributed by atoms with Gasteiger partial charge in [-0.15, -0.1) is 0 Å². The van der Waals surface area contributed by atoms with E-state index in [-0.39, 0.29) is 11.7 Å². The highest BCUT2D eigenvalue weighted by Gasteiger charge is 2.24. The summed E-state index contributed by atoms with van der Waals surface area (Å²) in [5.41, 5.74) is -0.0367. The molecule has 0 aliphatic carbocycles. The normalized spacial score (nSPS) is 17.8. The number of aromatic nitrogens is 1. The van der Waals surface area contributed by atoms with Crippen LogP contribution in [0.1, 0.15) is 41.0 Å². The highest BCUT2D eigenvalue weighted by molar-refractivity contribution is 5.41. The average Bonchev–Trinajstić information content (AvgIpc) is 2.55. The molecular weight excluding hydrogens is 314 g/mol. The van der Waals surface area contributed by atoms with Gasteiger partial charge in [-0.05, 0) is 52.2 Å².